The third-order valence-corrected chi connectivity index (χ3v) is 2.43. The highest BCUT2D eigenvalue weighted by Gasteiger charge is 2.10. The topological polar surface area (TPSA) is 38.3 Å². The molecule has 3 nitrogen and oxygen atoms in total. The lowest BCUT2D eigenvalue weighted by molar-refractivity contribution is -0.143. The molecule has 0 aliphatic carbocycles. The van der Waals surface area contributed by atoms with Crippen molar-refractivity contribution < 1.29 is 18.3 Å². The number of hydrogen-bond acceptors (Lipinski definition) is 3. The van der Waals surface area contributed by atoms with Crippen molar-refractivity contribution >= 4 is 5.97 Å². The summed E-state index contributed by atoms with van der Waals surface area (Å²) in [6.07, 6.45) is 0.219. The van der Waals surface area contributed by atoms with Gasteiger partial charge in [-0.05, 0) is 19.9 Å². The Hall–Kier alpha value is -1.49. The van der Waals surface area contributed by atoms with Gasteiger partial charge in [0.25, 0.3) is 0 Å². The molecule has 0 heterocycles. The molecule has 0 bridgehead atoms. The average Bonchev–Trinajstić information content (AvgIpc) is 2.28. The smallest absolute Gasteiger partial charge is 0.307 e. The van der Waals surface area contributed by atoms with Crippen LogP contribution < -0.4 is 5.32 Å². The standard InChI is InChI=1S/C13H17F2NO2/c1-3-18-13(17)6-9(2)16-8-10-4-5-11(14)7-12(10)15/h4-5,7,9,16H,3,6,8H2,1-2H3. The van der Waals surface area contributed by atoms with E-state index in [1.807, 2.05) is 0 Å². The van der Waals surface area contributed by atoms with Gasteiger partial charge in [0, 0.05) is 24.2 Å². The SMILES string of the molecule is CCOC(=O)CC(C)NCc1ccc(F)cc1F. The number of halogens is 2. The zero-order valence-electron chi connectivity index (χ0n) is 10.5. The lowest BCUT2D eigenvalue weighted by atomic mass is 10.2. The molecule has 1 N–H and O–H groups in total. The van der Waals surface area contributed by atoms with E-state index in [9.17, 15) is 13.6 Å². The molecule has 0 spiro atoms. The van der Waals surface area contributed by atoms with Crippen molar-refractivity contribution in [3.05, 3.63) is 35.4 Å². The Kier molecular flexibility index (Phi) is 5.71. The minimum absolute atomic E-state index is 0.131. The molecule has 0 saturated heterocycles. The highest BCUT2D eigenvalue weighted by molar-refractivity contribution is 5.69. The molecular weight excluding hydrogens is 240 g/mol. The van der Waals surface area contributed by atoms with Gasteiger partial charge < -0.3 is 10.1 Å². The monoisotopic (exact) mass is 257 g/mol. The largest absolute Gasteiger partial charge is 0.466 e. The van der Waals surface area contributed by atoms with Crippen molar-refractivity contribution in [1.29, 1.82) is 0 Å². The van der Waals surface area contributed by atoms with Crippen molar-refractivity contribution in [3.63, 3.8) is 0 Å². The summed E-state index contributed by atoms with van der Waals surface area (Å²) in [4.78, 5) is 11.2. The van der Waals surface area contributed by atoms with Crippen LogP contribution in [0.25, 0.3) is 0 Å². The summed E-state index contributed by atoms with van der Waals surface area (Å²) in [5.41, 5.74) is 0.368. The summed E-state index contributed by atoms with van der Waals surface area (Å²) in [6.45, 7) is 4.13. The van der Waals surface area contributed by atoms with Crippen LogP contribution in [-0.2, 0) is 16.1 Å². The van der Waals surface area contributed by atoms with Gasteiger partial charge in [-0.25, -0.2) is 8.78 Å². The fraction of sp³-hybridized carbons (Fsp3) is 0.462. The minimum Gasteiger partial charge on any atom is -0.466 e. The molecule has 18 heavy (non-hydrogen) atoms. The molecule has 1 atom stereocenters. The Labute approximate surface area is 105 Å². The third kappa shape index (κ3) is 4.79. The van der Waals surface area contributed by atoms with E-state index in [0.29, 0.717) is 12.2 Å². The van der Waals surface area contributed by atoms with E-state index in [2.05, 4.69) is 5.32 Å². The van der Waals surface area contributed by atoms with Crippen molar-refractivity contribution in [2.24, 2.45) is 0 Å². The Morgan fingerprint density at radius 3 is 2.78 bits per heavy atom. The maximum Gasteiger partial charge on any atom is 0.307 e. The van der Waals surface area contributed by atoms with Gasteiger partial charge in [-0.3, -0.25) is 4.79 Å². The van der Waals surface area contributed by atoms with Crippen molar-refractivity contribution in [2.45, 2.75) is 32.9 Å². The van der Waals surface area contributed by atoms with Gasteiger partial charge in [0.2, 0.25) is 0 Å². The zero-order chi connectivity index (χ0) is 13.5. The fourth-order valence-corrected chi connectivity index (χ4v) is 1.49. The van der Waals surface area contributed by atoms with E-state index < -0.39 is 11.6 Å². The molecule has 1 rings (SSSR count). The maximum absolute atomic E-state index is 13.3. The van der Waals surface area contributed by atoms with Crippen LogP contribution in [0.2, 0.25) is 0 Å². The molecule has 0 aromatic heterocycles. The summed E-state index contributed by atoms with van der Waals surface area (Å²) >= 11 is 0. The molecule has 0 saturated carbocycles. The fourth-order valence-electron chi connectivity index (χ4n) is 1.49. The van der Waals surface area contributed by atoms with Gasteiger partial charge >= 0.3 is 5.97 Å². The first-order valence-corrected chi connectivity index (χ1v) is 5.85. The highest BCUT2D eigenvalue weighted by Crippen LogP contribution is 2.09. The lowest BCUT2D eigenvalue weighted by Gasteiger charge is -2.13. The number of carbonyl (C=O) groups excluding carboxylic acids is 1. The molecule has 1 aromatic carbocycles. The van der Waals surface area contributed by atoms with Crippen molar-refractivity contribution in [1.82, 2.24) is 5.32 Å². The van der Waals surface area contributed by atoms with Crippen LogP contribution in [0.5, 0.6) is 0 Å². The predicted molar refractivity (Wildman–Crippen MR) is 63.9 cm³/mol. The number of benzene rings is 1. The molecule has 1 aromatic rings. The number of ether oxygens (including phenoxy) is 1. The molecule has 0 aliphatic rings. The predicted octanol–water partition coefficient (Wildman–Crippen LogP) is 2.40. The van der Waals surface area contributed by atoms with E-state index in [1.54, 1.807) is 13.8 Å². The normalized spacial score (nSPS) is 12.2. The molecule has 0 radical (unpaired) electrons. The van der Waals surface area contributed by atoms with Crippen LogP contribution in [0.4, 0.5) is 8.78 Å². The first-order valence-electron chi connectivity index (χ1n) is 5.85. The second-order valence-corrected chi connectivity index (χ2v) is 4.03. The van der Waals surface area contributed by atoms with Crippen molar-refractivity contribution in [2.75, 3.05) is 6.61 Å². The van der Waals surface area contributed by atoms with Gasteiger partial charge in [0.1, 0.15) is 11.6 Å². The molecular formula is C13H17F2NO2. The molecule has 0 aliphatic heterocycles. The number of esters is 1. The minimum atomic E-state index is -0.601. The number of carbonyl (C=O) groups is 1. The Balaban J connectivity index is 2.42. The van der Waals surface area contributed by atoms with Gasteiger partial charge in [-0.2, -0.15) is 0 Å². The van der Waals surface area contributed by atoms with E-state index >= 15 is 0 Å². The van der Waals surface area contributed by atoms with Crippen LogP contribution in [0, 0.1) is 11.6 Å². The van der Waals surface area contributed by atoms with Crippen LogP contribution >= 0.6 is 0 Å². The van der Waals surface area contributed by atoms with E-state index in [-0.39, 0.29) is 25.0 Å². The molecule has 5 heteroatoms. The average molecular weight is 257 g/mol. The Bertz CT molecular complexity index is 410. The summed E-state index contributed by atoms with van der Waals surface area (Å²) in [6, 6.07) is 3.30. The second kappa shape index (κ2) is 7.06. The number of nitrogens with one attached hydrogen (secondary N) is 1. The number of hydrogen-bond donors (Lipinski definition) is 1. The molecule has 1 unspecified atom stereocenters. The van der Waals surface area contributed by atoms with Gasteiger partial charge in [-0.15, -0.1) is 0 Å². The summed E-state index contributed by atoms with van der Waals surface area (Å²) < 4.78 is 30.8. The van der Waals surface area contributed by atoms with Gasteiger partial charge in [0.15, 0.2) is 0 Å². The van der Waals surface area contributed by atoms with Crippen molar-refractivity contribution in [3.8, 4) is 0 Å². The van der Waals surface area contributed by atoms with E-state index in [4.69, 9.17) is 4.74 Å². The van der Waals surface area contributed by atoms with Gasteiger partial charge in [0.05, 0.1) is 13.0 Å². The summed E-state index contributed by atoms with van der Waals surface area (Å²) in [7, 11) is 0. The molecule has 100 valence electrons. The summed E-state index contributed by atoms with van der Waals surface area (Å²) in [5, 5.41) is 2.99. The third-order valence-electron chi connectivity index (χ3n) is 2.43. The van der Waals surface area contributed by atoms with Crippen LogP contribution in [-0.4, -0.2) is 18.6 Å². The van der Waals surface area contributed by atoms with E-state index in [0.717, 1.165) is 6.07 Å². The molecule has 0 amide bonds. The quantitative estimate of drug-likeness (QED) is 0.795. The van der Waals surface area contributed by atoms with Crippen LogP contribution in [0.1, 0.15) is 25.8 Å². The van der Waals surface area contributed by atoms with E-state index in [1.165, 1.54) is 12.1 Å². The second-order valence-electron chi connectivity index (χ2n) is 4.03. The van der Waals surface area contributed by atoms with Crippen LogP contribution in [0.15, 0.2) is 18.2 Å². The lowest BCUT2D eigenvalue weighted by Crippen LogP contribution is -2.29. The van der Waals surface area contributed by atoms with Crippen LogP contribution in [0.3, 0.4) is 0 Å². The number of rotatable bonds is 6. The summed E-state index contributed by atoms with van der Waals surface area (Å²) in [5.74, 6) is -1.49. The zero-order valence-corrected chi connectivity index (χ0v) is 10.5. The highest BCUT2D eigenvalue weighted by atomic mass is 19.1. The molecule has 0 fully saturated rings. The first-order chi connectivity index (χ1) is 8.52. The van der Waals surface area contributed by atoms with Gasteiger partial charge in [-0.1, -0.05) is 6.07 Å². The Morgan fingerprint density at radius 2 is 2.17 bits per heavy atom. The Morgan fingerprint density at radius 1 is 1.44 bits per heavy atom. The maximum atomic E-state index is 13.3. The first kappa shape index (κ1) is 14.6.